The fourth-order valence-electron chi connectivity index (χ4n) is 2.59. The van der Waals surface area contributed by atoms with Gasteiger partial charge in [-0.1, -0.05) is 18.2 Å². The van der Waals surface area contributed by atoms with Crippen molar-refractivity contribution < 1.29 is 14.3 Å². The Balaban J connectivity index is 2.79. The van der Waals surface area contributed by atoms with E-state index in [-0.39, 0.29) is 0 Å². The zero-order valence-corrected chi connectivity index (χ0v) is 15.7. The van der Waals surface area contributed by atoms with Crippen LogP contribution in [0.4, 0.5) is 4.79 Å². The average molecular weight is 334 g/mol. The molecule has 0 radical (unpaired) electrons. The molecule has 2 amide bonds. The quantitative estimate of drug-likeness (QED) is 0.867. The van der Waals surface area contributed by atoms with Crippen LogP contribution in [0, 0.1) is 13.8 Å². The predicted molar refractivity (Wildman–Crippen MR) is 95.8 cm³/mol. The third kappa shape index (κ3) is 5.87. The maximum absolute atomic E-state index is 12.4. The van der Waals surface area contributed by atoms with Crippen molar-refractivity contribution in [1.82, 2.24) is 4.90 Å². The predicted octanol–water partition coefficient (Wildman–Crippen LogP) is 3.35. The third-order valence-electron chi connectivity index (χ3n) is 3.98. The van der Waals surface area contributed by atoms with Gasteiger partial charge in [-0.25, -0.2) is 4.79 Å². The van der Waals surface area contributed by atoms with Crippen molar-refractivity contribution in [3.05, 3.63) is 34.9 Å². The summed E-state index contributed by atoms with van der Waals surface area (Å²) >= 11 is 0. The van der Waals surface area contributed by atoms with Crippen molar-refractivity contribution in [2.75, 3.05) is 6.54 Å². The first kappa shape index (κ1) is 20.0. The SMILES string of the molecule is Cc1cccc(C)c1CCCN(C(=O)OC(C)(C)C)[C@H](C)C(N)=O. The van der Waals surface area contributed by atoms with Crippen LogP contribution in [0.3, 0.4) is 0 Å². The lowest BCUT2D eigenvalue weighted by Gasteiger charge is -2.30. The van der Waals surface area contributed by atoms with E-state index in [2.05, 4.69) is 26.0 Å². The molecule has 0 saturated carbocycles. The Morgan fingerprint density at radius 2 is 1.75 bits per heavy atom. The number of amides is 2. The second-order valence-electron chi connectivity index (χ2n) is 7.23. The number of carbonyl (C=O) groups excluding carboxylic acids is 2. The van der Waals surface area contributed by atoms with Crippen LogP contribution in [-0.4, -0.2) is 35.1 Å². The molecule has 0 aromatic heterocycles. The Kier molecular flexibility index (Phi) is 6.81. The summed E-state index contributed by atoms with van der Waals surface area (Å²) in [7, 11) is 0. The van der Waals surface area contributed by atoms with Crippen LogP contribution in [0.1, 0.15) is 50.8 Å². The Bertz CT molecular complexity index is 571. The monoisotopic (exact) mass is 334 g/mol. The third-order valence-corrected chi connectivity index (χ3v) is 3.98. The van der Waals surface area contributed by atoms with Gasteiger partial charge < -0.3 is 10.5 Å². The highest BCUT2D eigenvalue weighted by molar-refractivity contribution is 5.83. The minimum atomic E-state index is -0.696. The maximum Gasteiger partial charge on any atom is 0.410 e. The van der Waals surface area contributed by atoms with Crippen LogP contribution in [-0.2, 0) is 16.0 Å². The summed E-state index contributed by atoms with van der Waals surface area (Å²) in [4.78, 5) is 25.3. The number of rotatable bonds is 6. The van der Waals surface area contributed by atoms with Crippen molar-refractivity contribution in [3.63, 3.8) is 0 Å². The number of ether oxygens (including phenoxy) is 1. The summed E-state index contributed by atoms with van der Waals surface area (Å²) in [5.74, 6) is -0.534. The Morgan fingerprint density at radius 1 is 1.21 bits per heavy atom. The van der Waals surface area contributed by atoms with Crippen molar-refractivity contribution in [1.29, 1.82) is 0 Å². The Hall–Kier alpha value is -2.04. The van der Waals surface area contributed by atoms with Crippen LogP contribution in [0.5, 0.6) is 0 Å². The second kappa shape index (κ2) is 8.18. The van der Waals surface area contributed by atoms with Crippen LogP contribution in [0.2, 0.25) is 0 Å². The molecule has 0 fully saturated rings. The van der Waals surface area contributed by atoms with Crippen LogP contribution < -0.4 is 5.73 Å². The summed E-state index contributed by atoms with van der Waals surface area (Å²) in [5, 5.41) is 0. The molecule has 1 aromatic rings. The smallest absolute Gasteiger partial charge is 0.410 e. The molecule has 0 unspecified atom stereocenters. The summed E-state index contributed by atoms with van der Waals surface area (Å²) in [6.07, 6.45) is 1.07. The summed E-state index contributed by atoms with van der Waals surface area (Å²) in [6, 6.07) is 5.51. The Morgan fingerprint density at radius 3 is 2.21 bits per heavy atom. The molecule has 1 aromatic carbocycles. The highest BCUT2D eigenvalue weighted by Gasteiger charge is 2.28. The molecule has 24 heavy (non-hydrogen) atoms. The van der Waals surface area contributed by atoms with Crippen molar-refractivity contribution in [3.8, 4) is 0 Å². The number of hydrogen-bond donors (Lipinski definition) is 1. The van der Waals surface area contributed by atoms with Crippen LogP contribution in [0.15, 0.2) is 18.2 Å². The highest BCUT2D eigenvalue weighted by Crippen LogP contribution is 2.17. The molecule has 5 nitrogen and oxygen atoms in total. The number of aryl methyl sites for hydroxylation is 2. The van der Waals surface area contributed by atoms with Gasteiger partial charge in [0.05, 0.1) is 0 Å². The van der Waals surface area contributed by atoms with E-state index < -0.39 is 23.6 Å². The summed E-state index contributed by atoms with van der Waals surface area (Å²) < 4.78 is 5.40. The molecule has 0 heterocycles. The van der Waals surface area contributed by atoms with Crippen molar-refractivity contribution >= 4 is 12.0 Å². The zero-order valence-electron chi connectivity index (χ0n) is 15.7. The minimum Gasteiger partial charge on any atom is -0.444 e. The molecule has 1 rings (SSSR count). The van der Waals surface area contributed by atoms with E-state index in [0.717, 1.165) is 12.8 Å². The van der Waals surface area contributed by atoms with Gasteiger partial charge in [0.15, 0.2) is 0 Å². The molecule has 0 spiro atoms. The lowest BCUT2D eigenvalue weighted by molar-refractivity contribution is -0.122. The van der Waals surface area contributed by atoms with Gasteiger partial charge in [-0.2, -0.15) is 0 Å². The van der Waals surface area contributed by atoms with E-state index in [9.17, 15) is 9.59 Å². The van der Waals surface area contributed by atoms with E-state index >= 15 is 0 Å². The van der Waals surface area contributed by atoms with Gasteiger partial charge in [-0.15, -0.1) is 0 Å². The minimum absolute atomic E-state index is 0.423. The molecule has 2 N–H and O–H groups in total. The van der Waals surface area contributed by atoms with Crippen molar-refractivity contribution in [2.24, 2.45) is 5.73 Å². The van der Waals surface area contributed by atoms with Gasteiger partial charge in [-0.3, -0.25) is 9.69 Å². The average Bonchev–Trinajstić information content (AvgIpc) is 2.43. The summed E-state index contributed by atoms with van der Waals surface area (Å²) in [6.45, 7) is 11.6. The topological polar surface area (TPSA) is 72.6 Å². The first-order valence-corrected chi connectivity index (χ1v) is 8.37. The second-order valence-corrected chi connectivity index (χ2v) is 7.23. The van der Waals surface area contributed by atoms with Gasteiger partial charge in [0.25, 0.3) is 0 Å². The molecule has 0 aliphatic carbocycles. The van der Waals surface area contributed by atoms with Crippen LogP contribution in [0.25, 0.3) is 0 Å². The molecule has 5 heteroatoms. The lowest BCUT2D eigenvalue weighted by atomic mass is 9.98. The number of primary amides is 1. The zero-order chi connectivity index (χ0) is 18.5. The van der Waals surface area contributed by atoms with Crippen molar-refractivity contribution in [2.45, 2.75) is 66.0 Å². The maximum atomic E-state index is 12.4. The largest absolute Gasteiger partial charge is 0.444 e. The first-order valence-electron chi connectivity index (χ1n) is 8.37. The van der Waals surface area contributed by atoms with Gasteiger partial charge in [-0.05, 0) is 71.1 Å². The molecular formula is C19H30N2O3. The number of hydrogen-bond acceptors (Lipinski definition) is 3. The standard InChI is InChI=1S/C19H30N2O3/c1-13-9-7-10-14(2)16(13)11-8-12-21(15(3)17(20)22)18(23)24-19(4,5)6/h7,9-10,15H,8,11-12H2,1-6H3,(H2,20,22)/t15-/m1/s1. The van der Waals surface area contributed by atoms with Crippen LogP contribution >= 0.6 is 0 Å². The highest BCUT2D eigenvalue weighted by atomic mass is 16.6. The van der Waals surface area contributed by atoms with Gasteiger partial charge in [0.2, 0.25) is 5.91 Å². The molecule has 134 valence electrons. The number of carbonyl (C=O) groups is 2. The summed E-state index contributed by atoms with van der Waals surface area (Å²) in [5.41, 5.74) is 8.53. The number of benzene rings is 1. The first-order chi connectivity index (χ1) is 11.0. The van der Waals surface area contributed by atoms with E-state index in [1.54, 1.807) is 27.7 Å². The molecule has 0 bridgehead atoms. The van der Waals surface area contributed by atoms with E-state index in [4.69, 9.17) is 10.5 Å². The fraction of sp³-hybridized carbons (Fsp3) is 0.579. The van der Waals surface area contributed by atoms with E-state index in [1.807, 2.05) is 6.07 Å². The molecular weight excluding hydrogens is 304 g/mol. The van der Waals surface area contributed by atoms with E-state index in [0.29, 0.717) is 6.54 Å². The molecule has 0 saturated heterocycles. The normalized spacial score (nSPS) is 12.6. The van der Waals surface area contributed by atoms with Gasteiger partial charge >= 0.3 is 6.09 Å². The molecule has 1 atom stereocenters. The number of nitrogens with two attached hydrogens (primary N) is 1. The Labute approximate surface area is 145 Å². The fourth-order valence-corrected chi connectivity index (χ4v) is 2.59. The van der Waals surface area contributed by atoms with Gasteiger partial charge in [0, 0.05) is 6.54 Å². The number of nitrogens with zero attached hydrogens (tertiary/aromatic N) is 1. The van der Waals surface area contributed by atoms with Gasteiger partial charge in [0.1, 0.15) is 11.6 Å². The molecule has 0 aliphatic rings. The lowest BCUT2D eigenvalue weighted by Crippen LogP contribution is -2.48. The molecule has 0 aliphatic heterocycles. The van der Waals surface area contributed by atoms with E-state index in [1.165, 1.54) is 21.6 Å².